The Balaban J connectivity index is 1.45. The molecule has 2 heterocycles. The standard InChI is InChI=1S/C20H25N3O2/c1-20(2,3)23-17(11-16(22-23)13-8-9-13)19(24)21-12-15-10-14-6-4-5-7-18(14)25-15/h4-7,11,13,15H,8-10,12H2,1-3H3,(H,21,24)/t15-/m1/s1. The monoisotopic (exact) mass is 339 g/mol. The number of carbonyl (C=O) groups is 1. The molecule has 4 rings (SSSR count). The second kappa shape index (κ2) is 5.90. The zero-order chi connectivity index (χ0) is 17.6. The first-order valence-corrected chi connectivity index (χ1v) is 9.05. The first-order chi connectivity index (χ1) is 11.9. The lowest BCUT2D eigenvalue weighted by Crippen LogP contribution is -2.37. The number of benzene rings is 1. The summed E-state index contributed by atoms with van der Waals surface area (Å²) in [7, 11) is 0. The summed E-state index contributed by atoms with van der Waals surface area (Å²) in [6.45, 7) is 6.72. The Morgan fingerprint density at radius 2 is 2.08 bits per heavy atom. The Morgan fingerprint density at radius 3 is 2.76 bits per heavy atom. The van der Waals surface area contributed by atoms with E-state index in [0.29, 0.717) is 18.2 Å². The van der Waals surface area contributed by atoms with Gasteiger partial charge >= 0.3 is 0 Å². The molecule has 1 aliphatic carbocycles. The summed E-state index contributed by atoms with van der Waals surface area (Å²) < 4.78 is 7.77. The summed E-state index contributed by atoms with van der Waals surface area (Å²) in [4.78, 5) is 12.8. The molecule has 0 saturated heterocycles. The van der Waals surface area contributed by atoms with E-state index in [4.69, 9.17) is 9.84 Å². The van der Waals surface area contributed by atoms with Crippen LogP contribution in [0, 0.1) is 0 Å². The zero-order valence-corrected chi connectivity index (χ0v) is 15.1. The molecule has 1 N–H and O–H groups in total. The number of nitrogens with one attached hydrogen (secondary N) is 1. The number of hydrogen-bond donors (Lipinski definition) is 1. The Labute approximate surface area is 148 Å². The van der Waals surface area contributed by atoms with Crippen LogP contribution in [-0.4, -0.2) is 28.3 Å². The molecule has 1 fully saturated rings. The second-order valence-electron chi connectivity index (χ2n) is 8.07. The highest BCUT2D eigenvalue weighted by atomic mass is 16.5. The topological polar surface area (TPSA) is 56.2 Å². The van der Waals surface area contributed by atoms with E-state index in [9.17, 15) is 4.79 Å². The molecule has 1 amide bonds. The van der Waals surface area contributed by atoms with E-state index in [-0.39, 0.29) is 17.6 Å². The third kappa shape index (κ3) is 3.28. The lowest BCUT2D eigenvalue weighted by Gasteiger charge is -2.22. The Morgan fingerprint density at radius 1 is 1.32 bits per heavy atom. The average Bonchev–Trinajstić information content (AvgIpc) is 3.17. The number of fused-ring (bicyclic) bond motifs is 1. The van der Waals surface area contributed by atoms with Crippen molar-refractivity contribution in [1.82, 2.24) is 15.1 Å². The number of hydrogen-bond acceptors (Lipinski definition) is 3. The molecule has 0 unspecified atom stereocenters. The number of ether oxygens (including phenoxy) is 1. The Kier molecular flexibility index (Phi) is 3.82. The lowest BCUT2D eigenvalue weighted by atomic mass is 10.1. The molecule has 0 radical (unpaired) electrons. The van der Waals surface area contributed by atoms with Gasteiger partial charge in [-0.2, -0.15) is 5.10 Å². The summed E-state index contributed by atoms with van der Waals surface area (Å²) in [6.07, 6.45) is 3.19. The van der Waals surface area contributed by atoms with Gasteiger partial charge in [0.15, 0.2) is 0 Å². The van der Waals surface area contributed by atoms with Crippen molar-refractivity contribution in [1.29, 1.82) is 0 Å². The van der Waals surface area contributed by atoms with Crippen molar-refractivity contribution in [2.75, 3.05) is 6.54 Å². The second-order valence-corrected chi connectivity index (χ2v) is 8.07. The van der Waals surface area contributed by atoms with Gasteiger partial charge in [-0.05, 0) is 51.3 Å². The average molecular weight is 339 g/mol. The fourth-order valence-corrected chi connectivity index (χ4v) is 3.32. The van der Waals surface area contributed by atoms with E-state index in [1.165, 1.54) is 18.4 Å². The predicted molar refractivity (Wildman–Crippen MR) is 96.1 cm³/mol. The van der Waals surface area contributed by atoms with Crippen molar-refractivity contribution in [2.45, 2.75) is 57.6 Å². The van der Waals surface area contributed by atoms with Gasteiger partial charge in [-0.15, -0.1) is 0 Å². The maximum Gasteiger partial charge on any atom is 0.269 e. The van der Waals surface area contributed by atoms with Gasteiger partial charge in [0, 0.05) is 12.3 Å². The van der Waals surface area contributed by atoms with Crippen LogP contribution < -0.4 is 10.1 Å². The molecule has 2 aromatic rings. The summed E-state index contributed by atoms with van der Waals surface area (Å²) in [5.41, 5.74) is 2.67. The Hall–Kier alpha value is -2.30. The third-order valence-electron chi connectivity index (χ3n) is 4.80. The maximum atomic E-state index is 12.8. The highest BCUT2D eigenvalue weighted by Gasteiger charge is 2.31. The number of aromatic nitrogens is 2. The molecule has 5 nitrogen and oxygen atoms in total. The normalized spacial score (nSPS) is 19.4. The molecular formula is C20H25N3O2. The molecule has 1 aromatic carbocycles. The largest absolute Gasteiger partial charge is 0.488 e. The van der Waals surface area contributed by atoms with Crippen LogP contribution in [-0.2, 0) is 12.0 Å². The molecule has 25 heavy (non-hydrogen) atoms. The van der Waals surface area contributed by atoms with Crippen LogP contribution in [0.1, 0.15) is 61.3 Å². The van der Waals surface area contributed by atoms with Crippen LogP contribution in [0.5, 0.6) is 5.75 Å². The third-order valence-corrected chi connectivity index (χ3v) is 4.80. The molecule has 1 atom stereocenters. The van der Waals surface area contributed by atoms with Crippen molar-refractivity contribution in [3.05, 3.63) is 47.3 Å². The van der Waals surface area contributed by atoms with Gasteiger partial charge in [-0.1, -0.05) is 18.2 Å². The van der Waals surface area contributed by atoms with Crippen LogP contribution in [0.15, 0.2) is 30.3 Å². The van der Waals surface area contributed by atoms with Crippen LogP contribution in [0.4, 0.5) is 0 Å². The highest BCUT2D eigenvalue weighted by Crippen LogP contribution is 2.40. The minimum atomic E-state index is -0.222. The number of carbonyl (C=O) groups excluding carboxylic acids is 1. The minimum absolute atomic E-state index is 0.00439. The van der Waals surface area contributed by atoms with Crippen molar-refractivity contribution in [2.24, 2.45) is 0 Å². The SMILES string of the molecule is CC(C)(C)n1nc(C2CC2)cc1C(=O)NC[C@H]1Cc2ccccc2O1. The number of nitrogens with zero attached hydrogens (tertiary/aromatic N) is 2. The number of rotatable bonds is 4. The van der Waals surface area contributed by atoms with Crippen molar-refractivity contribution in [3.63, 3.8) is 0 Å². The van der Waals surface area contributed by atoms with E-state index in [0.717, 1.165) is 17.9 Å². The van der Waals surface area contributed by atoms with E-state index in [2.05, 4.69) is 32.2 Å². The first-order valence-electron chi connectivity index (χ1n) is 9.05. The van der Waals surface area contributed by atoms with Gasteiger partial charge in [0.1, 0.15) is 17.5 Å². The molecular weight excluding hydrogens is 314 g/mol. The van der Waals surface area contributed by atoms with Crippen molar-refractivity contribution < 1.29 is 9.53 Å². The van der Waals surface area contributed by atoms with E-state index in [1.807, 2.05) is 28.9 Å². The fourth-order valence-electron chi connectivity index (χ4n) is 3.32. The fraction of sp³-hybridized carbons (Fsp3) is 0.500. The van der Waals surface area contributed by atoms with Gasteiger partial charge in [0.05, 0.1) is 17.8 Å². The first kappa shape index (κ1) is 16.2. The molecule has 1 saturated carbocycles. The predicted octanol–water partition coefficient (Wildman–Crippen LogP) is 3.25. The smallest absolute Gasteiger partial charge is 0.269 e. The maximum absolute atomic E-state index is 12.8. The molecule has 1 aliphatic heterocycles. The van der Waals surface area contributed by atoms with Gasteiger partial charge in [-0.3, -0.25) is 9.48 Å². The van der Waals surface area contributed by atoms with Crippen LogP contribution >= 0.6 is 0 Å². The number of para-hydroxylation sites is 1. The molecule has 5 heteroatoms. The Bertz CT molecular complexity index is 775. The van der Waals surface area contributed by atoms with Crippen LogP contribution in [0.25, 0.3) is 0 Å². The lowest BCUT2D eigenvalue weighted by molar-refractivity contribution is 0.0915. The quantitative estimate of drug-likeness (QED) is 0.930. The van der Waals surface area contributed by atoms with Gasteiger partial charge in [0.25, 0.3) is 5.91 Å². The van der Waals surface area contributed by atoms with E-state index < -0.39 is 0 Å². The minimum Gasteiger partial charge on any atom is -0.488 e. The van der Waals surface area contributed by atoms with Crippen molar-refractivity contribution in [3.8, 4) is 5.75 Å². The van der Waals surface area contributed by atoms with Gasteiger partial charge in [0.2, 0.25) is 0 Å². The summed E-state index contributed by atoms with van der Waals surface area (Å²) in [6, 6.07) is 10.0. The van der Waals surface area contributed by atoms with Crippen LogP contribution in [0.3, 0.4) is 0 Å². The zero-order valence-electron chi connectivity index (χ0n) is 15.1. The molecule has 132 valence electrons. The van der Waals surface area contributed by atoms with Crippen LogP contribution in [0.2, 0.25) is 0 Å². The van der Waals surface area contributed by atoms with E-state index >= 15 is 0 Å². The van der Waals surface area contributed by atoms with Gasteiger partial charge in [-0.25, -0.2) is 0 Å². The number of amides is 1. The summed E-state index contributed by atoms with van der Waals surface area (Å²) in [5, 5.41) is 7.74. The highest BCUT2D eigenvalue weighted by molar-refractivity contribution is 5.92. The molecule has 0 spiro atoms. The van der Waals surface area contributed by atoms with E-state index in [1.54, 1.807) is 0 Å². The molecule has 0 bridgehead atoms. The summed E-state index contributed by atoms with van der Waals surface area (Å²) >= 11 is 0. The summed E-state index contributed by atoms with van der Waals surface area (Å²) in [5.74, 6) is 1.38. The van der Waals surface area contributed by atoms with Crippen molar-refractivity contribution >= 4 is 5.91 Å². The molecule has 1 aromatic heterocycles. The van der Waals surface area contributed by atoms with Gasteiger partial charge < -0.3 is 10.1 Å². The molecule has 2 aliphatic rings.